The first kappa shape index (κ1) is 11.3. The summed E-state index contributed by atoms with van der Waals surface area (Å²) in [5.74, 6) is 0. The van der Waals surface area contributed by atoms with Crippen LogP contribution >= 0.6 is 9.47 Å². The largest absolute Gasteiger partial charge is 0.394 e. The lowest BCUT2D eigenvalue weighted by Crippen LogP contribution is -2.09. The molecular formula is C6H15O4P. The van der Waals surface area contributed by atoms with E-state index in [9.17, 15) is 0 Å². The van der Waals surface area contributed by atoms with Gasteiger partial charge in [-0.05, 0) is 0 Å². The van der Waals surface area contributed by atoms with Crippen LogP contribution in [0.4, 0.5) is 0 Å². The van der Waals surface area contributed by atoms with Gasteiger partial charge in [-0.2, -0.15) is 0 Å². The average molecular weight is 182 g/mol. The number of hydrogen-bond donors (Lipinski definition) is 1. The highest BCUT2D eigenvalue weighted by molar-refractivity contribution is 7.09. The molecule has 4 nitrogen and oxygen atoms in total. The fourth-order valence-electron chi connectivity index (χ4n) is 0.494. The molecular weight excluding hydrogens is 167 g/mol. The number of ether oxygens (including phenoxy) is 2. The van der Waals surface area contributed by atoms with Crippen molar-refractivity contribution in [3.05, 3.63) is 0 Å². The van der Waals surface area contributed by atoms with E-state index in [0.717, 1.165) is 0 Å². The van der Waals surface area contributed by atoms with E-state index >= 15 is 0 Å². The molecule has 5 heteroatoms. The van der Waals surface area contributed by atoms with Gasteiger partial charge in [-0.3, -0.25) is 0 Å². The van der Waals surface area contributed by atoms with Crippen LogP contribution in [0.5, 0.6) is 0 Å². The first-order chi connectivity index (χ1) is 5.41. The van der Waals surface area contributed by atoms with E-state index in [2.05, 4.69) is 14.0 Å². The summed E-state index contributed by atoms with van der Waals surface area (Å²) in [6.07, 6.45) is 0. The van der Waals surface area contributed by atoms with Crippen molar-refractivity contribution in [1.82, 2.24) is 0 Å². The minimum absolute atomic E-state index is 0.0642. The molecule has 0 aromatic carbocycles. The highest BCUT2D eigenvalue weighted by atomic mass is 31.0. The smallest absolute Gasteiger partial charge is 0.0736 e. The number of aliphatic hydroxyl groups excluding tert-OH is 1. The predicted octanol–water partition coefficient (Wildman–Crippen LogP) is -0.181. The molecule has 0 aliphatic heterocycles. The molecule has 0 aliphatic rings. The van der Waals surface area contributed by atoms with Crippen LogP contribution in [0.15, 0.2) is 0 Å². The zero-order valence-corrected chi connectivity index (χ0v) is 7.65. The molecule has 1 N–H and O–H groups in total. The summed E-state index contributed by atoms with van der Waals surface area (Å²) in [4.78, 5) is 0. The number of aliphatic hydroxyl groups is 1. The van der Waals surface area contributed by atoms with Gasteiger partial charge in [0.05, 0.1) is 39.6 Å². The predicted molar refractivity (Wildman–Crippen MR) is 44.4 cm³/mol. The third-order valence-electron chi connectivity index (χ3n) is 0.953. The molecule has 0 saturated heterocycles. The molecule has 0 amide bonds. The molecule has 0 radical (unpaired) electrons. The van der Waals surface area contributed by atoms with Crippen molar-refractivity contribution < 1.29 is 19.1 Å². The number of rotatable bonds is 8. The highest BCUT2D eigenvalue weighted by Gasteiger charge is 1.87. The van der Waals surface area contributed by atoms with E-state index < -0.39 is 0 Å². The summed E-state index contributed by atoms with van der Waals surface area (Å²) in [6.45, 7) is 2.67. The normalized spacial score (nSPS) is 10.4. The highest BCUT2D eigenvalue weighted by Crippen LogP contribution is 1.84. The number of hydrogen-bond acceptors (Lipinski definition) is 4. The van der Waals surface area contributed by atoms with Crippen LogP contribution in [0.1, 0.15) is 0 Å². The van der Waals surface area contributed by atoms with Crippen molar-refractivity contribution in [2.75, 3.05) is 39.6 Å². The molecule has 0 heterocycles. The molecule has 0 rings (SSSR count). The Morgan fingerprint density at radius 2 is 1.45 bits per heavy atom. The van der Waals surface area contributed by atoms with Crippen LogP contribution in [-0.2, 0) is 14.0 Å². The summed E-state index contributed by atoms with van der Waals surface area (Å²) in [7, 11) is 2.15. The lowest BCUT2D eigenvalue weighted by molar-refractivity contribution is 0.0262. The minimum atomic E-state index is 0.0642. The van der Waals surface area contributed by atoms with Gasteiger partial charge < -0.3 is 19.1 Å². The summed E-state index contributed by atoms with van der Waals surface area (Å²) >= 11 is 0. The Hall–Kier alpha value is 0.270. The van der Waals surface area contributed by atoms with Gasteiger partial charge in [0, 0.05) is 9.47 Å². The lowest BCUT2D eigenvalue weighted by atomic mass is 10.7. The minimum Gasteiger partial charge on any atom is -0.394 e. The molecule has 0 fully saturated rings. The first-order valence-electron chi connectivity index (χ1n) is 3.50. The zero-order chi connectivity index (χ0) is 8.36. The van der Waals surface area contributed by atoms with Crippen molar-refractivity contribution in [1.29, 1.82) is 0 Å². The second kappa shape index (κ2) is 10.3. The third-order valence-corrected chi connectivity index (χ3v) is 1.19. The lowest BCUT2D eigenvalue weighted by Gasteiger charge is -2.03. The maximum Gasteiger partial charge on any atom is 0.0736 e. The summed E-state index contributed by atoms with van der Waals surface area (Å²) in [5, 5.41) is 8.32. The van der Waals surface area contributed by atoms with Crippen LogP contribution < -0.4 is 0 Å². The van der Waals surface area contributed by atoms with E-state index in [0.29, 0.717) is 33.0 Å². The van der Waals surface area contributed by atoms with Crippen LogP contribution in [0.25, 0.3) is 0 Å². The summed E-state index contributed by atoms with van der Waals surface area (Å²) in [6, 6.07) is 0. The maximum absolute atomic E-state index is 8.32. The van der Waals surface area contributed by atoms with E-state index in [1.165, 1.54) is 0 Å². The summed E-state index contributed by atoms with van der Waals surface area (Å²) < 4.78 is 14.7. The van der Waals surface area contributed by atoms with Gasteiger partial charge in [0.25, 0.3) is 0 Å². The molecule has 0 bridgehead atoms. The van der Waals surface area contributed by atoms with Gasteiger partial charge in [-0.15, -0.1) is 0 Å². The van der Waals surface area contributed by atoms with Crippen molar-refractivity contribution >= 4 is 9.47 Å². The van der Waals surface area contributed by atoms with Crippen molar-refractivity contribution in [3.63, 3.8) is 0 Å². The van der Waals surface area contributed by atoms with Crippen LogP contribution in [0.3, 0.4) is 0 Å². The topological polar surface area (TPSA) is 47.9 Å². The Morgan fingerprint density at radius 1 is 0.909 bits per heavy atom. The Kier molecular flexibility index (Phi) is 10.5. The molecule has 0 aromatic rings. The quantitative estimate of drug-likeness (QED) is 0.418. The molecule has 1 atom stereocenters. The van der Waals surface area contributed by atoms with Gasteiger partial charge in [0.1, 0.15) is 0 Å². The molecule has 11 heavy (non-hydrogen) atoms. The monoisotopic (exact) mass is 182 g/mol. The average Bonchev–Trinajstić information content (AvgIpc) is 2.03. The van der Waals surface area contributed by atoms with E-state index in [-0.39, 0.29) is 6.61 Å². The van der Waals surface area contributed by atoms with Gasteiger partial charge in [0.15, 0.2) is 0 Å². The Labute approximate surface area is 69.1 Å². The van der Waals surface area contributed by atoms with Crippen LogP contribution in [-0.4, -0.2) is 44.7 Å². The van der Waals surface area contributed by atoms with Crippen LogP contribution in [0, 0.1) is 0 Å². The zero-order valence-electron chi connectivity index (χ0n) is 6.49. The molecule has 0 saturated carbocycles. The second-order valence-electron chi connectivity index (χ2n) is 1.82. The molecule has 68 valence electrons. The van der Waals surface area contributed by atoms with E-state index in [1.54, 1.807) is 0 Å². The molecule has 0 aliphatic carbocycles. The van der Waals surface area contributed by atoms with Gasteiger partial charge in [-0.1, -0.05) is 0 Å². The maximum atomic E-state index is 8.32. The van der Waals surface area contributed by atoms with Gasteiger partial charge >= 0.3 is 0 Å². The molecule has 1 unspecified atom stereocenters. The van der Waals surface area contributed by atoms with Crippen LogP contribution in [0.2, 0.25) is 0 Å². The summed E-state index contributed by atoms with van der Waals surface area (Å²) in [5.41, 5.74) is 0. The van der Waals surface area contributed by atoms with Gasteiger partial charge in [0.2, 0.25) is 0 Å². The van der Waals surface area contributed by atoms with E-state index in [1.807, 2.05) is 0 Å². The van der Waals surface area contributed by atoms with Crippen molar-refractivity contribution in [3.8, 4) is 0 Å². The van der Waals surface area contributed by atoms with E-state index in [4.69, 9.17) is 14.6 Å². The second-order valence-corrected chi connectivity index (χ2v) is 2.15. The molecule has 0 spiro atoms. The fraction of sp³-hybridized carbons (Fsp3) is 1.00. The fourth-order valence-corrected chi connectivity index (χ4v) is 0.590. The van der Waals surface area contributed by atoms with Crippen molar-refractivity contribution in [2.45, 2.75) is 0 Å². The Morgan fingerprint density at radius 3 is 2.00 bits per heavy atom. The molecule has 0 aromatic heterocycles. The van der Waals surface area contributed by atoms with Crippen molar-refractivity contribution in [2.24, 2.45) is 0 Å². The standard InChI is InChI=1S/C6H15O4P/c7-1-2-8-3-4-9-5-6-10-11/h7H,1-6,11H2. The SMILES string of the molecule is OCCOCCOCCOP. The van der Waals surface area contributed by atoms with Gasteiger partial charge in [-0.25, -0.2) is 0 Å². The first-order valence-corrected chi connectivity index (χ1v) is 3.97. The Balaban J connectivity index is 2.69. The Bertz CT molecular complexity index is 63.6. The third kappa shape index (κ3) is 10.3.